The van der Waals surface area contributed by atoms with Gasteiger partial charge in [0.2, 0.25) is 0 Å². The second-order valence-electron chi connectivity index (χ2n) is 10.5. The Morgan fingerprint density at radius 1 is 1.07 bits per heavy atom. The van der Waals surface area contributed by atoms with Crippen molar-refractivity contribution in [3.8, 4) is 11.1 Å². The first-order valence-electron chi connectivity index (χ1n) is 12.5. The number of halogens is 6. The van der Waals surface area contributed by atoms with Crippen LogP contribution in [0, 0.1) is 11.6 Å². The number of hydrogen-bond acceptors (Lipinski definition) is 4. The zero-order valence-corrected chi connectivity index (χ0v) is 22.7. The zero-order chi connectivity index (χ0) is 30.6. The maximum atomic E-state index is 14.2. The molecule has 4 aromatic rings. The number of alkyl halides is 3. The van der Waals surface area contributed by atoms with Crippen molar-refractivity contribution < 1.29 is 36.6 Å². The van der Waals surface area contributed by atoms with E-state index >= 15 is 0 Å². The highest BCUT2D eigenvalue weighted by Crippen LogP contribution is 2.42. The number of amides is 2. The Morgan fingerprint density at radius 3 is 2.50 bits per heavy atom. The van der Waals surface area contributed by atoms with Crippen LogP contribution in [0.3, 0.4) is 0 Å². The molecule has 0 unspecified atom stereocenters. The average molecular weight is 605 g/mol. The van der Waals surface area contributed by atoms with E-state index in [0.717, 1.165) is 12.1 Å². The van der Waals surface area contributed by atoms with Crippen molar-refractivity contribution in [3.05, 3.63) is 105 Å². The van der Waals surface area contributed by atoms with Gasteiger partial charge in [0.25, 0.3) is 11.8 Å². The third-order valence-corrected chi connectivity index (χ3v) is 6.85. The molecule has 42 heavy (non-hydrogen) atoms. The number of anilines is 1. The minimum atomic E-state index is -4.91. The maximum Gasteiger partial charge on any atom is 0.416 e. The number of aromatic nitrogens is 2. The number of hydrogen-bond donors (Lipinski definition) is 3. The van der Waals surface area contributed by atoms with Crippen LogP contribution in [-0.4, -0.2) is 32.3 Å². The fraction of sp³-hybridized carbons (Fsp3) is 0.207. The second kappa shape index (κ2) is 10.5. The van der Waals surface area contributed by atoms with E-state index < -0.39 is 52.4 Å². The van der Waals surface area contributed by atoms with E-state index in [1.54, 1.807) is 20.0 Å². The summed E-state index contributed by atoms with van der Waals surface area (Å²) in [6.07, 6.45) is -1.84. The topological polar surface area (TPSA) is 96.2 Å². The summed E-state index contributed by atoms with van der Waals surface area (Å²) in [6, 6.07) is 6.92. The van der Waals surface area contributed by atoms with E-state index in [1.807, 2.05) is 0 Å². The molecular weight excluding hydrogens is 583 g/mol. The molecule has 3 aromatic carbocycles. The number of fused-ring (bicyclic) bond motifs is 1. The van der Waals surface area contributed by atoms with Gasteiger partial charge in [-0.15, -0.1) is 0 Å². The van der Waals surface area contributed by atoms with E-state index in [0.29, 0.717) is 23.3 Å². The van der Waals surface area contributed by atoms with Crippen LogP contribution in [0.25, 0.3) is 11.1 Å². The summed E-state index contributed by atoms with van der Waals surface area (Å²) in [5.41, 5.74) is -1.74. The lowest BCUT2D eigenvalue weighted by molar-refractivity contribution is -0.137. The molecule has 0 fully saturated rings. The molecular formula is C29H22ClF5N4O3. The molecule has 3 N–H and O–H groups in total. The first kappa shape index (κ1) is 29.2. The van der Waals surface area contributed by atoms with Crippen molar-refractivity contribution in [1.82, 2.24) is 15.1 Å². The predicted octanol–water partition coefficient (Wildman–Crippen LogP) is 6.36. The standard InChI is InChI=1S/C29H22ClF5N4O3/c1-28(2,42)13-39-12-16(11-36-39)14-7-21-24(25(38-27(21)41)20-10-18(31)3-4-22(20)30)23(8-14)37-26(40)15-5-17(29(33,34)35)9-19(32)6-15/h3-12,25,42H,13H2,1-2H3,(H,37,40)(H,38,41)/t25-/m0/s1. The Bertz CT molecular complexity index is 1730. The van der Waals surface area contributed by atoms with E-state index in [4.69, 9.17) is 11.6 Å². The number of rotatable bonds is 6. The van der Waals surface area contributed by atoms with E-state index in [1.165, 1.54) is 29.1 Å². The van der Waals surface area contributed by atoms with Gasteiger partial charge in [0.1, 0.15) is 11.6 Å². The number of carbonyl (C=O) groups excluding carboxylic acids is 2. The number of nitrogens with zero attached hydrogens (tertiary/aromatic N) is 2. The van der Waals surface area contributed by atoms with E-state index in [9.17, 15) is 36.6 Å². The van der Waals surface area contributed by atoms with Crippen LogP contribution in [0.2, 0.25) is 5.02 Å². The number of aliphatic hydroxyl groups is 1. The first-order chi connectivity index (χ1) is 19.6. The summed E-state index contributed by atoms with van der Waals surface area (Å²) < 4.78 is 69.7. The summed E-state index contributed by atoms with van der Waals surface area (Å²) in [5.74, 6) is -3.57. The first-order valence-corrected chi connectivity index (χ1v) is 12.8. The van der Waals surface area contributed by atoms with Crippen LogP contribution in [0.4, 0.5) is 27.6 Å². The van der Waals surface area contributed by atoms with E-state index in [-0.39, 0.29) is 40.0 Å². The van der Waals surface area contributed by atoms with Crippen molar-refractivity contribution in [2.24, 2.45) is 0 Å². The van der Waals surface area contributed by atoms with Gasteiger partial charge in [-0.25, -0.2) is 8.78 Å². The summed E-state index contributed by atoms with van der Waals surface area (Å²) in [5, 5.41) is 19.7. The molecule has 0 saturated heterocycles. The van der Waals surface area contributed by atoms with Crippen molar-refractivity contribution in [2.45, 2.75) is 38.2 Å². The average Bonchev–Trinajstić information content (AvgIpc) is 3.47. The lowest BCUT2D eigenvalue weighted by Gasteiger charge is -2.19. The molecule has 2 amide bonds. The SMILES string of the molecule is CC(C)(O)Cn1cc(-c2cc(NC(=O)c3cc(F)cc(C(F)(F)F)c3)c3c(c2)C(=O)N[C@H]3c2cc(F)ccc2Cl)cn1. The van der Waals surface area contributed by atoms with Crippen molar-refractivity contribution >= 4 is 29.1 Å². The molecule has 1 aliphatic heterocycles. The molecule has 0 spiro atoms. The summed E-state index contributed by atoms with van der Waals surface area (Å²) in [7, 11) is 0. The van der Waals surface area contributed by atoms with Gasteiger partial charge in [0.05, 0.1) is 29.9 Å². The summed E-state index contributed by atoms with van der Waals surface area (Å²) in [4.78, 5) is 26.4. The van der Waals surface area contributed by atoms with Gasteiger partial charge < -0.3 is 15.7 Å². The summed E-state index contributed by atoms with van der Waals surface area (Å²) in [6.45, 7) is 3.33. The third-order valence-electron chi connectivity index (χ3n) is 6.51. The molecule has 0 bridgehead atoms. The van der Waals surface area contributed by atoms with Gasteiger partial charge in [-0.1, -0.05) is 11.6 Å². The Balaban J connectivity index is 1.64. The Morgan fingerprint density at radius 2 is 1.81 bits per heavy atom. The molecule has 7 nitrogen and oxygen atoms in total. The van der Waals surface area contributed by atoms with Crippen molar-refractivity contribution in [1.29, 1.82) is 0 Å². The van der Waals surface area contributed by atoms with Crippen LogP contribution in [0.1, 0.15) is 57.3 Å². The van der Waals surface area contributed by atoms with Crippen molar-refractivity contribution in [2.75, 3.05) is 5.32 Å². The second-order valence-corrected chi connectivity index (χ2v) is 10.9. The van der Waals surface area contributed by atoms with Crippen LogP contribution in [-0.2, 0) is 12.7 Å². The quantitative estimate of drug-likeness (QED) is 0.223. The lowest BCUT2D eigenvalue weighted by atomic mass is 9.93. The number of carbonyl (C=O) groups is 2. The van der Waals surface area contributed by atoms with E-state index in [2.05, 4.69) is 15.7 Å². The summed E-state index contributed by atoms with van der Waals surface area (Å²) >= 11 is 6.32. The molecule has 218 valence electrons. The fourth-order valence-electron chi connectivity index (χ4n) is 4.75. The van der Waals surface area contributed by atoms with Gasteiger partial charge in [0, 0.05) is 44.7 Å². The maximum absolute atomic E-state index is 14.2. The van der Waals surface area contributed by atoms with Crippen LogP contribution >= 0.6 is 11.6 Å². The highest BCUT2D eigenvalue weighted by molar-refractivity contribution is 6.31. The fourth-order valence-corrected chi connectivity index (χ4v) is 4.97. The van der Waals surface area contributed by atoms with Gasteiger partial charge in [-0.3, -0.25) is 14.3 Å². The molecule has 2 heterocycles. The van der Waals surface area contributed by atoms with Gasteiger partial charge >= 0.3 is 6.18 Å². The monoisotopic (exact) mass is 604 g/mol. The lowest BCUT2D eigenvalue weighted by Crippen LogP contribution is -2.26. The number of nitrogens with one attached hydrogen (secondary N) is 2. The molecule has 1 atom stereocenters. The molecule has 1 aliphatic rings. The minimum absolute atomic E-state index is 0.00997. The zero-order valence-electron chi connectivity index (χ0n) is 22.0. The molecule has 0 radical (unpaired) electrons. The molecule has 1 aromatic heterocycles. The predicted molar refractivity (Wildman–Crippen MR) is 144 cm³/mol. The van der Waals surface area contributed by atoms with Gasteiger partial charge in [-0.05, 0) is 67.9 Å². The molecule has 5 rings (SSSR count). The van der Waals surface area contributed by atoms with Gasteiger partial charge in [0.15, 0.2) is 0 Å². The third kappa shape index (κ3) is 6.00. The smallest absolute Gasteiger partial charge is 0.389 e. The van der Waals surface area contributed by atoms with Crippen LogP contribution < -0.4 is 10.6 Å². The Labute approximate surface area is 240 Å². The Hall–Kier alpha value is -4.29. The largest absolute Gasteiger partial charge is 0.416 e. The normalized spacial score (nSPS) is 15.0. The molecule has 0 aliphatic carbocycles. The van der Waals surface area contributed by atoms with Gasteiger partial charge in [-0.2, -0.15) is 18.3 Å². The molecule has 0 saturated carbocycles. The van der Waals surface area contributed by atoms with Crippen LogP contribution in [0.15, 0.2) is 60.9 Å². The highest BCUT2D eigenvalue weighted by atomic mass is 35.5. The number of benzene rings is 3. The van der Waals surface area contributed by atoms with Crippen LogP contribution in [0.5, 0.6) is 0 Å². The highest BCUT2D eigenvalue weighted by Gasteiger charge is 2.36. The Kier molecular flexibility index (Phi) is 7.32. The molecule has 13 heteroatoms. The van der Waals surface area contributed by atoms with Crippen molar-refractivity contribution in [3.63, 3.8) is 0 Å². The minimum Gasteiger partial charge on any atom is -0.389 e.